The second-order valence-electron chi connectivity index (χ2n) is 6.76. The molecule has 1 saturated heterocycles. The third kappa shape index (κ3) is 4.73. The van der Waals surface area contributed by atoms with Crippen LogP contribution in [0.3, 0.4) is 0 Å². The zero-order valence-electron chi connectivity index (χ0n) is 14.5. The zero-order valence-corrected chi connectivity index (χ0v) is 14.5. The second-order valence-corrected chi connectivity index (χ2v) is 6.76. The molecule has 1 saturated carbocycles. The largest absolute Gasteiger partial charge is 0.356 e. The van der Waals surface area contributed by atoms with Crippen molar-refractivity contribution in [2.75, 3.05) is 26.7 Å². The average Bonchev–Trinajstić information content (AvgIpc) is 3.28. The van der Waals surface area contributed by atoms with Gasteiger partial charge in [0, 0.05) is 45.1 Å². The van der Waals surface area contributed by atoms with Gasteiger partial charge in [-0.05, 0) is 31.2 Å². The highest BCUT2D eigenvalue weighted by molar-refractivity contribution is 5.80. The first kappa shape index (κ1) is 16.8. The lowest BCUT2D eigenvalue weighted by atomic mass is 9.99. The Morgan fingerprint density at radius 2 is 2.04 bits per heavy atom. The van der Waals surface area contributed by atoms with E-state index in [-0.39, 0.29) is 5.91 Å². The maximum atomic E-state index is 11.7. The topological polar surface area (TPSA) is 56.7 Å². The van der Waals surface area contributed by atoms with Crippen molar-refractivity contribution in [3.63, 3.8) is 0 Å². The molecule has 130 valence electrons. The number of carbonyl (C=O) groups is 1. The number of likely N-dealkylation sites (tertiary alicyclic amines) is 1. The molecule has 0 radical (unpaired) electrons. The predicted molar refractivity (Wildman–Crippen MR) is 97.1 cm³/mol. The fraction of sp³-hybridized carbons (Fsp3) is 0.579. The predicted octanol–water partition coefficient (Wildman–Crippen LogP) is 2.11. The molecule has 1 aromatic rings. The third-order valence-corrected chi connectivity index (χ3v) is 4.78. The van der Waals surface area contributed by atoms with E-state index in [1.165, 1.54) is 5.56 Å². The number of benzene rings is 1. The molecule has 2 N–H and O–H groups in total. The van der Waals surface area contributed by atoms with Crippen LogP contribution in [-0.4, -0.2) is 49.5 Å². The number of rotatable bonds is 6. The second kappa shape index (κ2) is 8.18. The van der Waals surface area contributed by atoms with Crippen LogP contribution in [0.1, 0.15) is 43.6 Å². The van der Waals surface area contributed by atoms with E-state index in [4.69, 9.17) is 0 Å². The SMILES string of the molecule is CN=C(NCCCC(=O)NC1CC1)N1CCC(c2ccccc2)C1. The van der Waals surface area contributed by atoms with Gasteiger partial charge in [0.05, 0.1) is 0 Å². The van der Waals surface area contributed by atoms with Gasteiger partial charge in [0.2, 0.25) is 5.91 Å². The Morgan fingerprint density at radius 1 is 1.25 bits per heavy atom. The fourth-order valence-electron chi connectivity index (χ4n) is 3.26. The number of hydrogen-bond donors (Lipinski definition) is 2. The van der Waals surface area contributed by atoms with Gasteiger partial charge in [-0.3, -0.25) is 9.79 Å². The maximum absolute atomic E-state index is 11.7. The molecule has 1 atom stereocenters. The van der Waals surface area contributed by atoms with Crippen molar-refractivity contribution in [3.05, 3.63) is 35.9 Å². The van der Waals surface area contributed by atoms with Crippen LogP contribution in [-0.2, 0) is 4.79 Å². The highest BCUT2D eigenvalue weighted by Gasteiger charge is 2.26. The van der Waals surface area contributed by atoms with Crippen LogP contribution in [0.4, 0.5) is 0 Å². The Kier molecular flexibility index (Phi) is 5.72. The summed E-state index contributed by atoms with van der Waals surface area (Å²) < 4.78 is 0. The molecular formula is C19H28N4O. The monoisotopic (exact) mass is 328 g/mol. The summed E-state index contributed by atoms with van der Waals surface area (Å²) in [7, 11) is 1.83. The van der Waals surface area contributed by atoms with Crippen molar-refractivity contribution >= 4 is 11.9 Å². The van der Waals surface area contributed by atoms with Gasteiger partial charge < -0.3 is 15.5 Å². The summed E-state index contributed by atoms with van der Waals surface area (Å²) in [4.78, 5) is 18.4. The molecule has 1 heterocycles. The first-order valence-corrected chi connectivity index (χ1v) is 9.06. The van der Waals surface area contributed by atoms with Crippen molar-refractivity contribution in [3.8, 4) is 0 Å². The van der Waals surface area contributed by atoms with Gasteiger partial charge in [0.15, 0.2) is 5.96 Å². The molecular weight excluding hydrogens is 300 g/mol. The first-order chi connectivity index (χ1) is 11.8. The lowest BCUT2D eigenvalue weighted by Gasteiger charge is -2.21. The maximum Gasteiger partial charge on any atom is 0.220 e. The lowest BCUT2D eigenvalue weighted by Crippen LogP contribution is -2.40. The molecule has 24 heavy (non-hydrogen) atoms. The smallest absolute Gasteiger partial charge is 0.220 e. The third-order valence-electron chi connectivity index (χ3n) is 4.78. The molecule has 5 nitrogen and oxygen atoms in total. The number of guanidine groups is 1. The van der Waals surface area contributed by atoms with Crippen molar-refractivity contribution in [1.82, 2.24) is 15.5 Å². The Morgan fingerprint density at radius 3 is 2.75 bits per heavy atom. The van der Waals surface area contributed by atoms with E-state index >= 15 is 0 Å². The molecule has 5 heteroatoms. The molecule has 2 fully saturated rings. The van der Waals surface area contributed by atoms with E-state index in [2.05, 4.69) is 50.9 Å². The quantitative estimate of drug-likeness (QED) is 0.478. The van der Waals surface area contributed by atoms with Gasteiger partial charge in [-0.15, -0.1) is 0 Å². The highest BCUT2D eigenvalue weighted by Crippen LogP contribution is 2.26. The van der Waals surface area contributed by atoms with Crippen LogP contribution in [0.15, 0.2) is 35.3 Å². The van der Waals surface area contributed by atoms with Crippen LogP contribution in [0.2, 0.25) is 0 Å². The van der Waals surface area contributed by atoms with Gasteiger partial charge >= 0.3 is 0 Å². The molecule has 3 rings (SSSR count). The summed E-state index contributed by atoms with van der Waals surface area (Å²) in [5, 5.41) is 6.43. The molecule has 0 bridgehead atoms. The minimum absolute atomic E-state index is 0.180. The van der Waals surface area contributed by atoms with Crippen molar-refractivity contribution in [2.45, 2.75) is 44.1 Å². The Bertz CT molecular complexity index is 568. The molecule has 1 aliphatic heterocycles. The zero-order chi connectivity index (χ0) is 16.8. The lowest BCUT2D eigenvalue weighted by molar-refractivity contribution is -0.121. The molecule has 1 aromatic carbocycles. The van der Waals surface area contributed by atoms with Crippen molar-refractivity contribution in [2.24, 2.45) is 4.99 Å². The van der Waals surface area contributed by atoms with E-state index in [0.29, 0.717) is 18.4 Å². The minimum atomic E-state index is 0.180. The van der Waals surface area contributed by atoms with E-state index in [9.17, 15) is 4.79 Å². The summed E-state index contributed by atoms with van der Waals surface area (Å²) in [5.74, 6) is 1.71. The van der Waals surface area contributed by atoms with Crippen molar-refractivity contribution in [1.29, 1.82) is 0 Å². The van der Waals surface area contributed by atoms with E-state index in [1.54, 1.807) is 0 Å². The number of aliphatic imine (C=N–C) groups is 1. The molecule has 0 spiro atoms. The summed E-state index contributed by atoms with van der Waals surface area (Å²) in [6.45, 7) is 2.82. The molecule has 0 aromatic heterocycles. The molecule has 1 aliphatic carbocycles. The van der Waals surface area contributed by atoms with Crippen LogP contribution >= 0.6 is 0 Å². The molecule has 1 unspecified atom stereocenters. The standard InChI is InChI=1S/C19H28N4O/c1-20-19(21-12-5-8-18(24)22-17-9-10-17)23-13-11-16(14-23)15-6-3-2-4-7-15/h2-4,6-7,16-17H,5,8-14H2,1H3,(H,20,21)(H,22,24). The van der Waals surface area contributed by atoms with E-state index in [0.717, 1.165) is 51.3 Å². The summed E-state index contributed by atoms with van der Waals surface area (Å²) in [6.07, 6.45) is 4.89. The van der Waals surface area contributed by atoms with Crippen LogP contribution in [0.5, 0.6) is 0 Å². The molecule has 1 amide bonds. The normalized spacial score (nSPS) is 21.0. The number of amides is 1. The van der Waals surface area contributed by atoms with Crippen LogP contribution in [0, 0.1) is 0 Å². The first-order valence-electron chi connectivity index (χ1n) is 9.06. The number of hydrogen-bond acceptors (Lipinski definition) is 2. The Hall–Kier alpha value is -2.04. The van der Waals surface area contributed by atoms with Gasteiger partial charge in [-0.25, -0.2) is 0 Å². The van der Waals surface area contributed by atoms with E-state index < -0.39 is 0 Å². The Balaban J connectivity index is 1.39. The number of carbonyl (C=O) groups excluding carboxylic acids is 1. The van der Waals surface area contributed by atoms with Gasteiger partial charge in [0.1, 0.15) is 0 Å². The highest BCUT2D eigenvalue weighted by atomic mass is 16.1. The number of nitrogens with one attached hydrogen (secondary N) is 2. The fourth-order valence-corrected chi connectivity index (χ4v) is 3.26. The van der Waals surface area contributed by atoms with Crippen molar-refractivity contribution < 1.29 is 4.79 Å². The van der Waals surface area contributed by atoms with Crippen LogP contribution in [0.25, 0.3) is 0 Å². The van der Waals surface area contributed by atoms with Gasteiger partial charge in [-0.1, -0.05) is 30.3 Å². The Labute approximate surface area is 144 Å². The summed E-state index contributed by atoms with van der Waals surface area (Å²) >= 11 is 0. The van der Waals surface area contributed by atoms with E-state index in [1.807, 2.05) is 7.05 Å². The average molecular weight is 328 g/mol. The minimum Gasteiger partial charge on any atom is -0.356 e. The van der Waals surface area contributed by atoms with Gasteiger partial charge in [0.25, 0.3) is 0 Å². The van der Waals surface area contributed by atoms with Crippen LogP contribution < -0.4 is 10.6 Å². The molecule has 2 aliphatic rings. The number of nitrogens with zero attached hydrogens (tertiary/aromatic N) is 2. The van der Waals surface area contributed by atoms with Gasteiger partial charge in [-0.2, -0.15) is 0 Å². The summed E-state index contributed by atoms with van der Waals surface area (Å²) in [6, 6.07) is 11.2. The summed E-state index contributed by atoms with van der Waals surface area (Å²) in [5.41, 5.74) is 1.41.